The van der Waals surface area contributed by atoms with Crippen molar-refractivity contribution in [1.82, 2.24) is 9.97 Å². The Morgan fingerprint density at radius 1 is 1.47 bits per heavy atom. The van der Waals surface area contributed by atoms with Gasteiger partial charge in [0.1, 0.15) is 21.5 Å². The molecule has 1 aromatic heterocycles. The van der Waals surface area contributed by atoms with Crippen molar-refractivity contribution in [2.45, 2.75) is 6.42 Å². The van der Waals surface area contributed by atoms with Crippen molar-refractivity contribution in [2.24, 2.45) is 0 Å². The minimum Gasteiger partial charge on any atom is -0.382 e. The SMILES string of the molecule is CS(=O)(=O)CCCNc1cncc(N)n1. The fraction of sp³-hybridized carbons (Fsp3) is 0.500. The number of anilines is 2. The molecule has 0 saturated carbocycles. The number of nitrogens with one attached hydrogen (secondary N) is 1. The summed E-state index contributed by atoms with van der Waals surface area (Å²) in [5.41, 5.74) is 5.42. The highest BCUT2D eigenvalue weighted by Crippen LogP contribution is 2.02. The molecule has 0 aliphatic heterocycles. The van der Waals surface area contributed by atoms with Gasteiger partial charge >= 0.3 is 0 Å². The highest BCUT2D eigenvalue weighted by atomic mass is 32.2. The number of hydrogen-bond donors (Lipinski definition) is 2. The number of sulfone groups is 1. The van der Waals surface area contributed by atoms with E-state index in [-0.39, 0.29) is 5.75 Å². The van der Waals surface area contributed by atoms with Crippen molar-refractivity contribution in [1.29, 1.82) is 0 Å². The lowest BCUT2D eigenvalue weighted by Gasteiger charge is -2.04. The lowest BCUT2D eigenvalue weighted by atomic mass is 10.5. The second-order valence-corrected chi connectivity index (χ2v) is 5.50. The van der Waals surface area contributed by atoms with Gasteiger partial charge in [0, 0.05) is 12.8 Å². The van der Waals surface area contributed by atoms with Crippen LogP contribution >= 0.6 is 0 Å². The van der Waals surface area contributed by atoms with Gasteiger partial charge in [0.2, 0.25) is 0 Å². The van der Waals surface area contributed by atoms with Crippen LogP contribution in [-0.2, 0) is 9.84 Å². The molecule has 0 aromatic carbocycles. The van der Waals surface area contributed by atoms with Gasteiger partial charge in [0.15, 0.2) is 0 Å². The third-order valence-electron chi connectivity index (χ3n) is 1.65. The van der Waals surface area contributed by atoms with Crippen LogP contribution in [0.2, 0.25) is 0 Å². The summed E-state index contributed by atoms with van der Waals surface area (Å²) in [6, 6.07) is 0. The molecule has 0 radical (unpaired) electrons. The third-order valence-corrected chi connectivity index (χ3v) is 2.68. The minimum absolute atomic E-state index is 0.162. The summed E-state index contributed by atoms with van der Waals surface area (Å²) >= 11 is 0. The Bertz CT molecular complexity index is 418. The highest BCUT2D eigenvalue weighted by molar-refractivity contribution is 7.90. The quantitative estimate of drug-likeness (QED) is 0.686. The monoisotopic (exact) mass is 230 g/mol. The predicted octanol–water partition coefficient (Wildman–Crippen LogP) is -0.0946. The largest absolute Gasteiger partial charge is 0.382 e. The standard InChI is InChI=1S/C8H14N4O2S/c1-15(13,14)4-2-3-11-8-6-10-5-7(9)12-8/h5-6H,2-4H2,1H3,(H3,9,11,12). The van der Waals surface area contributed by atoms with E-state index in [1.165, 1.54) is 18.6 Å². The number of aromatic nitrogens is 2. The summed E-state index contributed by atoms with van der Waals surface area (Å²) in [6.07, 6.45) is 4.74. The molecule has 84 valence electrons. The van der Waals surface area contributed by atoms with E-state index in [0.717, 1.165) is 0 Å². The Labute approximate surface area is 88.8 Å². The zero-order valence-corrected chi connectivity index (χ0v) is 9.29. The molecule has 0 aliphatic carbocycles. The lowest BCUT2D eigenvalue weighted by Crippen LogP contribution is -2.10. The number of hydrogen-bond acceptors (Lipinski definition) is 6. The summed E-state index contributed by atoms with van der Waals surface area (Å²) in [4.78, 5) is 7.81. The molecule has 0 atom stereocenters. The highest BCUT2D eigenvalue weighted by Gasteiger charge is 2.01. The molecule has 0 amide bonds. The first-order valence-corrected chi connectivity index (χ1v) is 6.52. The molecule has 0 bridgehead atoms. The van der Waals surface area contributed by atoms with Crippen LogP contribution in [0.3, 0.4) is 0 Å². The van der Waals surface area contributed by atoms with Gasteiger partial charge in [-0.05, 0) is 6.42 Å². The van der Waals surface area contributed by atoms with E-state index < -0.39 is 9.84 Å². The summed E-state index contributed by atoms with van der Waals surface area (Å²) in [5, 5.41) is 2.94. The molecule has 1 heterocycles. The molecule has 1 rings (SSSR count). The van der Waals surface area contributed by atoms with Crippen molar-refractivity contribution >= 4 is 21.5 Å². The first-order chi connectivity index (χ1) is 6.97. The number of nitrogens with two attached hydrogens (primary N) is 1. The number of nitrogens with zero attached hydrogens (tertiary/aromatic N) is 2. The van der Waals surface area contributed by atoms with Crippen molar-refractivity contribution in [3.05, 3.63) is 12.4 Å². The fourth-order valence-corrected chi connectivity index (χ4v) is 1.69. The Kier molecular flexibility index (Phi) is 3.84. The zero-order chi connectivity index (χ0) is 11.3. The van der Waals surface area contributed by atoms with Gasteiger partial charge in [-0.2, -0.15) is 0 Å². The smallest absolute Gasteiger partial charge is 0.147 e. The van der Waals surface area contributed by atoms with Crippen LogP contribution in [0.15, 0.2) is 12.4 Å². The van der Waals surface area contributed by atoms with E-state index in [1.807, 2.05) is 0 Å². The van der Waals surface area contributed by atoms with Gasteiger partial charge in [-0.15, -0.1) is 0 Å². The number of nitrogen functional groups attached to an aromatic ring is 1. The second kappa shape index (κ2) is 4.92. The Hall–Kier alpha value is -1.37. The maximum absolute atomic E-state index is 10.8. The van der Waals surface area contributed by atoms with Gasteiger partial charge < -0.3 is 11.1 Å². The molecule has 0 saturated heterocycles. The topological polar surface area (TPSA) is 98.0 Å². The molecule has 15 heavy (non-hydrogen) atoms. The molecule has 3 N–H and O–H groups in total. The number of rotatable bonds is 5. The first kappa shape index (κ1) is 11.7. The van der Waals surface area contributed by atoms with Crippen LogP contribution in [-0.4, -0.2) is 36.9 Å². The summed E-state index contributed by atoms with van der Waals surface area (Å²) in [5.74, 6) is 1.06. The van der Waals surface area contributed by atoms with Crippen molar-refractivity contribution in [3.8, 4) is 0 Å². The predicted molar refractivity (Wildman–Crippen MR) is 59.3 cm³/mol. The van der Waals surface area contributed by atoms with Crippen molar-refractivity contribution in [3.63, 3.8) is 0 Å². The summed E-state index contributed by atoms with van der Waals surface area (Å²) < 4.78 is 21.6. The minimum atomic E-state index is -2.89. The van der Waals surface area contributed by atoms with Gasteiger partial charge in [-0.3, -0.25) is 4.98 Å². The van der Waals surface area contributed by atoms with E-state index in [0.29, 0.717) is 24.6 Å². The molecule has 0 unspecified atom stereocenters. The normalized spacial score (nSPS) is 11.3. The fourth-order valence-electron chi connectivity index (χ4n) is 1.02. The Morgan fingerprint density at radius 2 is 2.20 bits per heavy atom. The van der Waals surface area contributed by atoms with E-state index >= 15 is 0 Å². The molecular formula is C8H14N4O2S. The molecule has 0 spiro atoms. The average molecular weight is 230 g/mol. The Morgan fingerprint density at radius 3 is 2.80 bits per heavy atom. The maximum Gasteiger partial charge on any atom is 0.147 e. The molecule has 0 aliphatic rings. The van der Waals surface area contributed by atoms with Crippen LogP contribution < -0.4 is 11.1 Å². The van der Waals surface area contributed by atoms with Crippen LogP contribution in [0.4, 0.5) is 11.6 Å². The molecule has 7 heteroatoms. The molecular weight excluding hydrogens is 216 g/mol. The summed E-state index contributed by atoms with van der Waals surface area (Å²) in [6.45, 7) is 0.533. The first-order valence-electron chi connectivity index (χ1n) is 4.46. The van der Waals surface area contributed by atoms with E-state index in [1.54, 1.807) is 0 Å². The van der Waals surface area contributed by atoms with Crippen molar-refractivity contribution < 1.29 is 8.42 Å². The van der Waals surface area contributed by atoms with Crippen LogP contribution in [0.25, 0.3) is 0 Å². The Balaban J connectivity index is 2.32. The van der Waals surface area contributed by atoms with E-state index in [9.17, 15) is 8.42 Å². The average Bonchev–Trinajstić information content (AvgIpc) is 2.11. The maximum atomic E-state index is 10.8. The van der Waals surface area contributed by atoms with E-state index in [2.05, 4.69) is 15.3 Å². The van der Waals surface area contributed by atoms with Gasteiger partial charge in [-0.25, -0.2) is 13.4 Å². The summed E-state index contributed by atoms with van der Waals surface area (Å²) in [7, 11) is -2.89. The molecule has 1 aromatic rings. The molecule has 0 fully saturated rings. The zero-order valence-electron chi connectivity index (χ0n) is 8.47. The van der Waals surface area contributed by atoms with Gasteiger partial charge in [0.05, 0.1) is 18.1 Å². The van der Waals surface area contributed by atoms with Crippen LogP contribution in [0.1, 0.15) is 6.42 Å². The van der Waals surface area contributed by atoms with Crippen LogP contribution in [0.5, 0.6) is 0 Å². The second-order valence-electron chi connectivity index (χ2n) is 3.24. The van der Waals surface area contributed by atoms with Crippen LogP contribution in [0, 0.1) is 0 Å². The lowest BCUT2D eigenvalue weighted by molar-refractivity contribution is 0.600. The third kappa shape index (κ3) is 5.16. The van der Waals surface area contributed by atoms with Gasteiger partial charge in [-0.1, -0.05) is 0 Å². The molecule has 6 nitrogen and oxygen atoms in total. The van der Waals surface area contributed by atoms with E-state index in [4.69, 9.17) is 5.73 Å². The van der Waals surface area contributed by atoms with Crippen molar-refractivity contribution in [2.75, 3.05) is 29.6 Å². The van der Waals surface area contributed by atoms with Gasteiger partial charge in [0.25, 0.3) is 0 Å².